The molecule has 0 spiro atoms. The normalized spacial score (nSPS) is 9.94. The number of carbonyl (C=O) groups is 1. The highest BCUT2D eigenvalue weighted by Crippen LogP contribution is 2.24. The Morgan fingerprint density at radius 2 is 2.25 bits per heavy atom. The quantitative estimate of drug-likeness (QED) is 0.648. The number of nitrogen functional groups attached to an aromatic ring is 1. The van der Waals surface area contributed by atoms with E-state index in [4.69, 9.17) is 5.73 Å². The summed E-state index contributed by atoms with van der Waals surface area (Å²) in [5.41, 5.74) is 7.55. The second kappa shape index (κ2) is 5.93. The first-order chi connectivity index (χ1) is 7.58. The van der Waals surface area contributed by atoms with E-state index in [1.165, 1.54) is 0 Å². The van der Waals surface area contributed by atoms with Crippen LogP contribution in [0, 0.1) is 3.57 Å². The van der Waals surface area contributed by atoms with Crippen LogP contribution in [0.2, 0.25) is 0 Å². The minimum Gasteiger partial charge on any atom is -0.397 e. The van der Waals surface area contributed by atoms with Gasteiger partial charge in [0.25, 0.3) is 0 Å². The number of nitrogens with two attached hydrogens (primary N) is 1. The van der Waals surface area contributed by atoms with Gasteiger partial charge in [-0.1, -0.05) is 0 Å². The number of amides is 1. The van der Waals surface area contributed by atoms with Crippen LogP contribution in [0.15, 0.2) is 18.2 Å². The fourth-order valence-corrected chi connectivity index (χ4v) is 1.95. The maximum absolute atomic E-state index is 11.3. The van der Waals surface area contributed by atoms with Crippen LogP contribution in [-0.4, -0.2) is 26.0 Å². The monoisotopic (exact) mass is 333 g/mol. The molecule has 0 saturated carbocycles. The second-order valence-electron chi connectivity index (χ2n) is 3.39. The zero-order valence-corrected chi connectivity index (χ0v) is 11.6. The van der Waals surface area contributed by atoms with Crippen molar-refractivity contribution in [2.75, 3.05) is 30.8 Å². The van der Waals surface area contributed by atoms with E-state index in [0.717, 1.165) is 15.8 Å². The number of nitrogens with one attached hydrogen (secondary N) is 1. The first kappa shape index (κ1) is 13.1. The molecule has 0 bridgehead atoms. The molecule has 1 aromatic carbocycles. The van der Waals surface area contributed by atoms with Crippen LogP contribution >= 0.6 is 22.6 Å². The lowest BCUT2D eigenvalue weighted by atomic mass is 10.2. The van der Waals surface area contributed by atoms with Crippen molar-refractivity contribution in [2.45, 2.75) is 6.92 Å². The highest BCUT2D eigenvalue weighted by Gasteiger charge is 2.11. The van der Waals surface area contributed by atoms with E-state index in [1.54, 1.807) is 7.05 Å². The predicted octanol–water partition coefficient (Wildman–Crippen LogP) is 1.45. The van der Waals surface area contributed by atoms with E-state index in [1.807, 2.05) is 30.0 Å². The molecule has 5 heteroatoms. The number of anilines is 2. The molecule has 0 unspecified atom stereocenters. The summed E-state index contributed by atoms with van der Waals surface area (Å²) in [6.07, 6.45) is 0. The highest BCUT2D eigenvalue weighted by molar-refractivity contribution is 14.1. The average molecular weight is 333 g/mol. The lowest BCUT2D eigenvalue weighted by Crippen LogP contribution is -2.35. The maximum atomic E-state index is 11.3. The summed E-state index contributed by atoms with van der Waals surface area (Å²) in [6, 6.07) is 5.84. The molecule has 0 aliphatic carbocycles. The third kappa shape index (κ3) is 3.26. The van der Waals surface area contributed by atoms with Gasteiger partial charge in [0.15, 0.2) is 0 Å². The van der Waals surface area contributed by atoms with Crippen LogP contribution in [0.3, 0.4) is 0 Å². The molecule has 0 aromatic heterocycles. The third-order valence-corrected chi connectivity index (χ3v) is 3.00. The molecular formula is C11H16IN3O. The van der Waals surface area contributed by atoms with Gasteiger partial charge in [-0.3, -0.25) is 4.79 Å². The lowest BCUT2D eigenvalue weighted by Gasteiger charge is -2.23. The lowest BCUT2D eigenvalue weighted by molar-refractivity contribution is -0.119. The number of halogens is 1. The van der Waals surface area contributed by atoms with E-state index >= 15 is 0 Å². The molecule has 1 rings (SSSR count). The number of hydrogen-bond acceptors (Lipinski definition) is 3. The Kier molecular flexibility index (Phi) is 4.85. The fraction of sp³-hybridized carbons (Fsp3) is 0.364. The maximum Gasteiger partial charge on any atom is 0.239 e. The van der Waals surface area contributed by atoms with E-state index < -0.39 is 0 Å². The molecule has 0 aliphatic rings. The molecule has 0 heterocycles. The summed E-state index contributed by atoms with van der Waals surface area (Å²) in [4.78, 5) is 13.3. The van der Waals surface area contributed by atoms with Crippen molar-refractivity contribution in [3.05, 3.63) is 21.8 Å². The number of hydrogen-bond donors (Lipinski definition) is 2. The average Bonchev–Trinajstić information content (AvgIpc) is 2.26. The van der Waals surface area contributed by atoms with Crippen LogP contribution in [0.4, 0.5) is 11.4 Å². The zero-order chi connectivity index (χ0) is 12.1. The Bertz CT molecular complexity index is 381. The molecule has 16 heavy (non-hydrogen) atoms. The Balaban J connectivity index is 2.90. The molecule has 1 amide bonds. The number of likely N-dealkylation sites (N-methyl/N-ethyl adjacent to an activating group) is 2. The SMILES string of the molecule is CCN(CC(=O)NC)c1ccc(I)cc1N. The van der Waals surface area contributed by atoms with Crippen LogP contribution in [0.25, 0.3) is 0 Å². The van der Waals surface area contributed by atoms with Gasteiger partial charge in [0.05, 0.1) is 17.9 Å². The topological polar surface area (TPSA) is 58.4 Å². The number of benzene rings is 1. The van der Waals surface area contributed by atoms with Gasteiger partial charge in [-0.05, 0) is 47.7 Å². The molecule has 3 N–H and O–H groups in total. The summed E-state index contributed by atoms with van der Waals surface area (Å²) in [7, 11) is 1.63. The van der Waals surface area contributed by atoms with Crippen LogP contribution in [0.1, 0.15) is 6.92 Å². The summed E-state index contributed by atoms with van der Waals surface area (Å²) in [5, 5.41) is 2.61. The largest absolute Gasteiger partial charge is 0.397 e. The van der Waals surface area contributed by atoms with Crippen molar-refractivity contribution < 1.29 is 4.79 Å². The summed E-state index contributed by atoms with van der Waals surface area (Å²) >= 11 is 2.21. The van der Waals surface area contributed by atoms with E-state index in [0.29, 0.717) is 12.2 Å². The molecule has 0 radical (unpaired) electrons. The summed E-state index contributed by atoms with van der Waals surface area (Å²) in [6.45, 7) is 3.08. The standard InChI is InChI=1S/C11H16IN3O/c1-3-15(7-11(16)14-2)10-5-4-8(12)6-9(10)13/h4-6H,3,7,13H2,1-2H3,(H,14,16). The van der Waals surface area contributed by atoms with Gasteiger partial charge in [-0.2, -0.15) is 0 Å². The van der Waals surface area contributed by atoms with Crippen molar-refractivity contribution in [3.8, 4) is 0 Å². The Morgan fingerprint density at radius 3 is 2.75 bits per heavy atom. The van der Waals surface area contributed by atoms with Crippen molar-refractivity contribution in [1.82, 2.24) is 5.32 Å². The van der Waals surface area contributed by atoms with Crippen LogP contribution < -0.4 is 16.0 Å². The van der Waals surface area contributed by atoms with Gasteiger partial charge in [0, 0.05) is 17.2 Å². The van der Waals surface area contributed by atoms with Gasteiger partial charge in [-0.15, -0.1) is 0 Å². The van der Waals surface area contributed by atoms with Gasteiger partial charge in [0.2, 0.25) is 5.91 Å². The first-order valence-corrected chi connectivity index (χ1v) is 6.17. The number of rotatable bonds is 4. The van der Waals surface area contributed by atoms with E-state index in [2.05, 4.69) is 27.9 Å². The molecule has 88 valence electrons. The van der Waals surface area contributed by atoms with Gasteiger partial charge < -0.3 is 16.0 Å². The van der Waals surface area contributed by atoms with Gasteiger partial charge in [0.1, 0.15) is 0 Å². The van der Waals surface area contributed by atoms with Gasteiger partial charge in [-0.25, -0.2) is 0 Å². The molecular weight excluding hydrogens is 317 g/mol. The highest BCUT2D eigenvalue weighted by atomic mass is 127. The summed E-state index contributed by atoms with van der Waals surface area (Å²) < 4.78 is 1.09. The molecule has 0 atom stereocenters. The molecule has 4 nitrogen and oxygen atoms in total. The second-order valence-corrected chi connectivity index (χ2v) is 4.64. The van der Waals surface area contributed by atoms with Crippen molar-refractivity contribution in [1.29, 1.82) is 0 Å². The van der Waals surface area contributed by atoms with Crippen LogP contribution in [0.5, 0.6) is 0 Å². The number of carbonyl (C=O) groups excluding carboxylic acids is 1. The van der Waals surface area contributed by atoms with Gasteiger partial charge >= 0.3 is 0 Å². The Morgan fingerprint density at radius 1 is 1.56 bits per heavy atom. The Labute approximate surface area is 109 Å². The minimum absolute atomic E-state index is 0.0141. The minimum atomic E-state index is -0.0141. The summed E-state index contributed by atoms with van der Waals surface area (Å²) in [5.74, 6) is -0.0141. The van der Waals surface area contributed by atoms with Crippen molar-refractivity contribution in [3.63, 3.8) is 0 Å². The van der Waals surface area contributed by atoms with E-state index in [9.17, 15) is 4.79 Å². The first-order valence-electron chi connectivity index (χ1n) is 5.09. The van der Waals surface area contributed by atoms with Crippen molar-refractivity contribution >= 4 is 39.9 Å². The third-order valence-electron chi connectivity index (χ3n) is 2.33. The van der Waals surface area contributed by atoms with Crippen LogP contribution in [-0.2, 0) is 4.79 Å². The predicted molar refractivity (Wildman–Crippen MR) is 75.5 cm³/mol. The molecule has 0 aliphatic heterocycles. The Hall–Kier alpha value is -0.980. The molecule has 1 aromatic rings. The van der Waals surface area contributed by atoms with E-state index in [-0.39, 0.29) is 5.91 Å². The fourth-order valence-electron chi connectivity index (χ4n) is 1.43. The van der Waals surface area contributed by atoms with Crippen molar-refractivity contribution in [2.24, 2.45) is 0 Å². The smallest absolute Gasteiger partial charge is 0.239 e. The zero-order valence-electron chi connectivity index (χ0n) is 9.46. The number of nitrogens with zero attached hydrogens (tertiary/aromatic N) is 1. The molecule has 0 fully saturated rings. The molecule has 0 saturated heterocycles.